The van der Waals surface area contributed by atoms with Crippen molar-refractivity contribution in [2.45, 2.75) is 11.3 Å². The average Bonchev–Trinajstić information content (AvgIpc) is 2.75. The normalized spacial score (nSPS) is 14.2. The Balaban J connectivity index is 1.95. The van der Waals surface area contributed by atoms with Crippen molar-refractivity contribution in [2.75, 3.05) is 17.9 Å². The molecule has 0 radical (unpaired) electrons. The van der Waals surface area contributed by atoms with Gasteiger partial charge in [-0.05, 0) is 24.3 Å². The zero-order chi connectivity index (χ0) is 16.4. The second-order valence-corrected chi connectivity index (χ2v) is 6.54. The van der Waals surface area contributed by atoms with Crippen LogP contribution in [0.25, 0.3) is 0 Å². The lowest BCUT2D eigenvalue weighted by atomic mass is 10.3. The highest BCUT2D eigenvalue weighted by Crippen LogP contribution is 2.32. The maximum atomic E-state index is 13.6. The first-order chi connectivity index (χ1) is 11.0. The molecule has 23 heavy (non-hydrogen) atoms. The summed E-state index contributed by atoms with van der Waals surface area (Å²) in [6.45, 7) is 0.865. The van der Waals surface area contributed by atoms with E-state index in [1.165, 1.54) is 18.2 Å². The molecule has 8 heteroatoms. The quantitative estimate of drug-likeness (QED) is 0.932. The van der Waals surface area contributed by atoms with Gasteiger partial charge in [0.15, 0.2) is 11.5 Å². The van der Waals surface area contributed by atoms with Gasteiger partial charge in [0.25, 0.3) is 10.0 Å². The van der Waals surface area contributed by atoms with E-state index in [9.17, 15) is 17.2 Å². The number of nitrogens with one attached hydrogen (secondary N) is 1. The largest absolute Gasteiger partial charge is 0.490 e. The van der Waals surface area contributed by atoms with Crippen LogP contribution in [0.15, 0.2) is 41.3 Å². The third kappa shape index (κ3) is 3.21. The minimum absolute atomic E-state index is 0.176. The van der Waals surface area contributed by atoms with E-state index in [4.69, 9.17) is 9.47 Å². The van der Waals surface area contributed by atoms with Crippen LogP contribution in [0.2, 0.25) is 0 Å². The number of sulfonamides is 1. The Labute approximate surface area is 131 Å². The van der Waals surface area contributed by atoms with Crippen molar-refractivity contribution in [3.8, 4) is 11.5 Å². The van der Waals surface area contributed by atoms with Crippen LogP contribution in [0.5, 0.6) is 11.5 Å². The van der Waals surface area contributed by atoms with Gasteiger partial charge in [0.05, 0.1) is 18.1 Å². The first-order valence-electron chi connectivity index (χ1n) is 6.84. The van der Waals surface area contributed by atoms with E-state index in [1.807, 2.05) is 4.72 Å². The van der Waals surface area contributed by atoms with Gasteiger partial charge in [-0.15, -0.1) is 0 Å². The summed E-state index contributed by atoms with van der Waals surface area (Å²) in [5.74, 6) is -1.29. The average molecular weight is 341 g/mol. The summed E-state index contributed by atoms with van der Waals surface area (Å²) >= 11 is 0. The molecule has 5 nitrogen and oxygen atoms in total. The number of anilines is 1. The first kappa shape index (κ1) is 15.5. The van der Waals surface area contributed by atoms with Crippen LogP contribution in [0.3, 0.4) is 0 Å². The van der Waals surface area contributed by atoms with Crippen molar-refractivity contribution >= 4 is 15.7 Å². The predicted octanol–water partition coefficient (Wildman–Crippen LogP) is 2.93. The highest BCUT2D eigenvalue weighted by atomic mass is 32.2. The summed E-state index contributed by atoms with van der Waals surface area (Å²) in [7, 11) is -4.17. The molecule has 0 aliphatic carbocycles. The van der Waals surface area contributed by atoms with Gasteiger partial charge >= 0.3 is 0 Å². The molecule has 0 saturated heterocycles. The number of halogens is 2. The Hall–Kier alpha value is -2.35. The molecule has 1 aliphatic rings. The van der Waals surface area contributed by atoms with E-state index in [0.717, 1.165) is 18.2 Å². The summed E-state index contributed by atoms with van der Waals surface area (Å²) in [5, 5.41) is 0. The third-order valence-corrected chi connectivity index (χ3v) is 4.58. The molecule has 1 aliphatic heterocycles. The van der Waals surface area contributed by atoms with Crippen molar-refractivity contribution in [3.05, 3.63) is 48.0 Å². The van der Waals surface area contributed by atoms with Gasteiger partial charge in [-0.1, -0.05) is 6.07 Å². The summed E-state index contributed by atoms with van der Waals surface area (Å²) in [6, 6.07) is 7.09. The van der Waals surface area contributed by atoms with Crippen LogP contribution in [0, 0.1) is 11.6 Å². The smallest absolute Gasteiger partial charge is 0.262 e. The fourth-order valence-corrected chi connectivity index (χ4v) is 3.19. The lowest BCUT2D eigenvalue weighted by molar-refractivity contribution is 0.297. The molecule has 0 bridgehead atoms. The molecule has 2 aromatic carbocycles. The van der Waals surface area contributed by atoms with E-state index < -0.39 is 27.3 Å². The van der Waals surface area contributed by atoms with Crippen LogP contribution in [-0.4, -0.2) is 21.6 Å². The first-order valence-corrected chi connectivity index (χ1v) is 8.32. The molecule has 1 N–H and O–H groups in total. The van der Waals surface area contributed by atoms with Crippen LogP contribution in [-0.2, 0) is 10.0 Å². The highest BCUT2D eigenvalue weighted by molar-refractivity contribution is 7.92. The van der Waals surface area contributed by atoms with Gasteiger partial charge in [0.1, 0.15) is 17.3 Å². The van der Waals surface area contributed by atoms with Crippen LogP contribution < -0.4 is 14.2 Å². The molecule has 1 heterocycles. The number of para-hydroxylation sites is 1. The zero-order valence-electron chi connectivity index (χ0n) is 11.9. The van der Waals surface area contributed by atoms with Gasteiger partial charge in [0, 0.05) is 12.5 Å². The van der Waals surface area contributed by atoms with Crippen LogP contribution in [0.4, 0.5) is 14.5 Å². The van der Waals surface area contributed by atoms with E-state index in [0.29, 0.717) is 25.4 Å². The van der Waals surface area contributed by atoms with Crippen molar-refractivity contribution in [1.82, 2.24) is 0 Å². The Bertz CT molecular complexity index is 819. The second-order valence-electron chi connectivity index (χ2n) is 4.86. The van der Waals surface area contributed by atoms with Gasteiger partial charge in [-0.3, -0.25) is 4.72 Å². The lowest BCUT2D eigenvalue weighted by Gasteiger charge is -2.12. The Morgan fingerprint density at radius 1 is 0.957 bits per heavy atom. The van der Waals surface area contributed by atoms with Crippen molar-refractivity contribution in [2.24, 2.45) is 0 Å². The molecule has 0 amide bonds. The van der Waals surface area contributed by atoms with Crippen LogP contribution >= 0.6 is 0 Å². The van der Waals surface area contributed by atoms with E-state index in [-0.39, 0.29) is 10.6 Å². The molecule has 3 rings (SSSR count). The molecule has 122 valence electrons. The summed E-state index contributed by atoms with van der Waals surface area (Å²) < 4.78 is 64.6. The van der Waals surface area contributed by atoms with Crippen molar-refractivity contribution in [1.29, 1.82) is 0 Å². The summed E-state index contributed by atoms with van der Waals surface area (Å²) in [5.41, 5.74) is -0.723. The number of hydrogen-bond acceptors (Lipinski definition) is 4. The van der Waals surface area contributed by atoms with E-state index in [1.54, 1.807) is 0 Å². The molecule has 0 aromatic heterocycles. The number of ether oxygens (including phenoxy) is 2. The summed E-state index contributed by atoms with van der Waals surface area (Å²) in [4.78, 5) is -0.176. The topological polar surface area (TPSA) is 64.6 Å². The predicted molar refractivity (Wildman–Crippen MR) is 79.2 cm³/mol. The molecule has 0 spiro atoms. The van der Waals surface area contributed by atoms with Gasteiger partial charge in [-0.2, -0.15) is 0 Å². The molecular weight excluding hydrogens is 328 g/mol. The molecule has 0 atom stereocenters. The number of rotatable bonds is 3. The van der Waals surface area contributed by atoms with Gasteiger partial charge < -0.3 is 9.47 Å². The monoisotopic (exact) mass is 341 g/mol. The maximum Gasteiger partial charge on any atom is 0.262 e. The molecule has 0 fully saturated rings. The van der Waals surface area contributed by atoms with Crippen LogP contribution in [0.1, 0.15) is 6.42 Å². The minimum atomic E-state index is -4.17. The Morgan fingerprint density at radius 3 is 2.30 bits per heavy atom. The summed E-state index contributed by atoms with van der Waals surface area (Å²) in [6.07, 6.45) is 0.676. The third-order valence-electron chi connectivity index (χ3n) is 3.23. The Morgan fingerprint density at radius 2 is 1.61 bits per heavy atom. The van der Waals surface area contributed by atoms with Crippen molar-refractivity contribution in [3.63, 3.8) is 0 Å². The fourth-order valence-electron chi connectivity index (χ4n) is 2.10. The lowest BCUT2D eigenvalue weighted by Crippen LogP contribution is -2.15. The second kappa shape index (κ2) is 6.04. The fraction of sp³-hybridized carbons (Fsp3) is 0.200. The number of hydrogen-bond donors (Lipinski definition) is 1. The van der Waals surface area contributed by atoms with Gasteiger partial charge in [-0.25, -0.2) is 17.2 Å². The van der Waals surface area contributed by atoms with Gasteiger partial charge in [0.2, 0.25) is 0 Å². The van der Waals surface area contributed by atoms with Crippen molar-refractivity contribution < 1.29 is 26.7 Å². The SMILES string of the molecule is O=S(=O)(Nc1c(F)cccc1F)c1ccc2c(c1)OCCCO2. The standard InChI is InChI=1S/C15H13F2NO4S/c16-11-3-1-4-12(17)15(11)18-23(19,20)10-5-6-13-14(9-10)22-8-2-7-21-13/h1,3-6,9,18H,2,7-8H2. The number of benzene rings is 2. The zero-order valence-corrected chi connectivity index (χ0v) is 12.7. The maximum absolute atomic E-state index is 13.6. The molecular formula is C15H13F2NO4S. The van der Waals surface area contributed by atoms with E-state index in [2.05, 4.69) is 0 Å². The molecule has 2 aromatic rings. The minimum Gasteiger partial charge on any atom is -0.490 e. The van der Waals surface area contributed by atoms with E-state index >= 15 is 0 Å². The number of fused-ring (bicyclic) bond motifs is 1. The Kier molecular flexibility index (Phi) is 4.08. The molecule has 0 unspecified atom stereocenters. The molecule has 0 saturated carbocycles. The highest BCUT2D eigenvalue weighted by Gasteiger charge is 2.21.